The van der Waals surface area contributed by atoms with Crippen molar-refractivity contribution in [2.75, 3.05) is 6.54 Å². The fraction of sp³-hybridized carbons (Fsp3) is 0.625. The van der Waals surface area contributed by atoms with Crippen LogP contribution in [0.2, 0.25) is 0 Å². The molecule has 1 aromatic carbocycles. The van der Waals surface area contributed by atoms with Crippen LogP contribution in [0.4, 0.5) is 0 Å². The van der Waals surface area contributed by atoms with Gasteiger partial charge < -0.3 is 22.8 Å². The first kappa shape index (κ1) is 16.5. The van der Waals surface area contributed by atoms with Crippen LogP contribution < -0.4 is 17.7 Å². The number of quaternary nitrogens is 1. The summed E-state index contributed by atoms with van der Waals surface area (Å²) < 4.78 is 0. The van der Waals surface area contributed by atoms with Crippen LogP contribution in [-0.2, 0) is 12.8 Å². The van der Waals surface area contributed by atoms with Gasteiger partial charge in [-0.2, -0.15) is 0 Å². The van der Waals surface area contributed by atoms with E-state index in [2.05, 4.69) is 37.4 Å². The molecule has 0 spiro atoms. The molecule has 0 saturated heterocycles. The number of halogens is 1. The monoisotopic (exact) mass is 283 g/mol. The average Bonchev–Trinajstić information content (AvgIpc) is 2.43. The van der Waals surface area contributed by atoms with Gasteiger partial charge in [0.15, 0.2) is 0 Å². The summed E-state index contributed by atoms with van der Waals surface area (Å²) in [6, 6.07) is 7.15. The summed E-state index contributed by atoms with van der Waals surface area (Å²) in [5.41, 5.74) is 4.04. The molecule has 0 amide bonds. The Bertz CT molecular complexity index is 394. The van der Waals surface area contributed by atoms with Crippen molar-refractivity contribution in [2.45, 2.75) is 58.1 Å². The molecule has 1 aliphatic carbocycles. The Balaban J connectivity index is 0.00000180. The van der Waals surface area contributed by atoms with E-state index in [0.717, 1.165) is 18.5 Å². The van der Waals surface area contributed by atoms with Crippen LogP contribution in [0.5, 0.6) is 0 Å². The van der Waals surface area contributed by atoms with Gasteiger partial charge in [-0.15, -0.1) is 0 Å². The molecule has 1 aromatic rings. The van der Waals surface area contributed by atoms with Gasteiger partial charge in [0.05, 0.1) is 6.04 Å². The highest BCUT2D eigenvalue weighted by atomic mass is 35.5. The zero-order chi connectivity index (χ0) is 13.0. The molecular weight excluding hydrogens is 258 g/mol. The summed E-state index contributed by atoms with van der Waals surface area (Å²) in [5.74, 6) is 0. The second-order valence-electron chi connectivity index (χ2n) is 5.61. The molecular formula is C16H26ClNO. The SMILES string of the molecule is CC[C@H](C)[NH2+]C[C@@H](O)c1ccc2c(c1)CCCC2.[Cl-]. The standard InChI is InChI=1S/C16H25NO.ClH/c1-3-12(2)17-11-16(18)15-9-8-13-6-4-5-7-14(13)10-15;/h8-10,12,16-18H,3-7,11H2,1-2H3;1H/t12-,16+;/m0./s1. The van der Waals surface area contributed by atoms with Crippen LogP contribution >= 0.6 is 0 Å². The van der Waals surface area contributed by atoms with Gasteiger partial charge in [-0.3, -0.25) is 0 Å². The lowest BCUT2D eigenvalue weighted by Crippen LogP contribution is -3.00. The van der Waals surface area contributed by atoms with Crippen molar-refractivity contribution in [3.05, 3.63) is 34.9 Å². The molecule has 3 heteroatoms. The predicted octanol–water partition coefficient (Wildman–Crippen LogP) is -1.04. The number of aliphatic hydroxyl groups is 1. The second-order valence-corrected chi connectivity index (χ2v) is 5.61. The number of fused-ring (bicyclic) bond motifs is 1. The van der Waals surface area contributed by atoms with Crippen LogP contribution in [0.1, 0.15) is 55.9 Å². The number of hydrogen-bond donors (Lipinski definition) is 2. The fourth-order valence-corrected chi connectivity index (χ4v) is 2.62. The zero-order valence-electron chi connectivity index (χ0n) is 12.0. The summed E-state index contributed by atoms with van der Waals surface area (Å²) in [4.78, 5) is 0. The van der Waals surface area contributed by atoms with Gasteiger partial charge in [0, 0.05) is 0 Å². The first-order valence-electron chi connectivity index (χ1n) is 7.33. The van der Waals surface area contributed by atoms with Crippen molar-refractivity contribution >= 4 is 0 Å². The van der Waals surface area contributed by atoms with Gasteiger partial charge in [0.25, 0.3) is 0 Å². The summed E-state index contributed by atoms with van der Waals surface area (Å²) in [6.45, 7) is 5.17. The number of rotatable bonds is 5. The van der Waals surface area contributed by atoms with E-state index in [0.29, 0.717) is 6.04 Å². The van der Waals surface area contributed by atoms with Crippen LogP contribution in [0.15, 0.2) is 18.2 Å². The highest BCUT2D eigenvalue weighted by Crippen LogP contribution is 2.24. The lowest BCUT2D eigenvalue weighted by molar-refractivity contribution is -0.692. The van der Waals surface area contributed by atoms with Crippen LogP contribution in [0.3, 0.4) is 0 Å². The van der Waals surface area contributed by atoms with Crippen molar-refractivity contribution in [1.29, 1.82) is 0 Å². The number of benzene rings is 1. The third-order valence-corrected chi connectivity index (χ3v) is 4.16. The van der Waals surface area contributed by atoms with E-state index >= 15 is 0 Å². The Morgan fingerprint density at radius 3 is 2.58 bits per heavy atom. The maximum Gasteiger partial charge on any atom is 0.128 e. The maximum atomic E-state index is 10.2. The van der Waals surface area contributed by atoms with Gasteiger partial charge in [-0.05, 0) is 55.7 Å². The third kappa shape index (κ3) is 4.48. The minimum absolute atomic E-state index is 0. The van der Waals surface area contributed by atoms with Crippen molar-refractivity contribution in [2.24, 2.45) is 0 Å². The van der Waals surface area contributed by atoms with Crippen LogP contribution in [0.25, 0.3) is 0 Å². The molecule has 0 radical (unpaired) electrons. The Kier molecular flexibility index (Phi) is 6.84. The summed E-state index contributed by atoms with van der Waals surface area (Å²) in [6.07, 6.45) is 5.83. The van der Waals surface area contributed by atoms with E-state index in [-0.39, 0.29) is 18.5 Å². The molecule has 19 heavy (non-hydrogen) atoms. The van der Waals surface area contributed by atoms with E-state index in [4.69, 9.17) is 0 Å². The molecule has 2 nitrogen and oxygen atoms in total. The number of nitrogens with two attached hydrogens (primary N) is 1. The molecule has 0 saturated carbocycles. The van der Waals surface area contributed by atoms with Crippen molar-refractivity contribution in [1.82, 2.24) is 0 Å². The molecule has 0 heterocycles. The van der Waals surface area contributed by atoms with E-state index in [1.165, 1.54) is 36.8 Å². The molecule has 0 fully saturated rings. The highest BCUT2D eigenvalue weighted by molar-refractivity contribution is 5.34. The van der Waals surface area contributed by atoms with Gasteiger partial charge in [-0.1, -0.05) is 25.1 Å². The summed E-state index contributed by atoms with van der Waals surface area (Å²) in [5, 5.41) is 12.5. The minimum Gasteiger partial charge on any atom is -1.00 e. The number of aryl methyl sites for hydroxylation is 2. The Morgan fingerprint density at radius 1 is 1.21 bits per heavy atom. The predicted molar refractivity (Wildman–Crippen MR) is 74.6 cm³/mol. The molecule has 108 valence electrons. The van der Waals surface area contributed by atoms with Gasteiger partial charge in [0.2, 0.25) is 0 Å². The maximum absolute atomic E-state index is 10.2. The fourth-order valence-electron chi connectivity index (χ4n) is 2.62. The lowest BCUT2D eigenvalue weighted by Gasteiger charge is -2.19. The zero-order valence-corrected chi connectivity index (χ0v) is 12.8. The minimum atomic E-state index is -0.328. The molecule has 0 unspecified atom stereocenters. The summed E-state index contributed by atoms with van der Waals surface area (Å²) in [7, 11) is 0. The van der Waals surface area contributed by atoms with Crippen LogP contribution in [-0.4, -0.2) is 17.7 Å². The first-order valence-corrected chi connectivity index (χ1v) is 7.33. The normalized spacial score (nSPS) is 17.2. The molecule has 3 N–H and O–H groups in total. The van der Waals surface area contributed by atoms with Gasteiger partial charge in [0.1, 0.15) is 12.6 Å². The number of aliphatic hydroxyl groups excluding tert-OH is 1. The smallest absolute Gasteiger partial charge is 0.128 e. The topological polar surface area (TPSA) is 36.8 Å². The Labute approximate surface area is 123 Å². The lowest BCUT2D eigenvalue weighted by atomic mass is 9.89. The quantitative estimate of drug-likeness (QED) is 0.712. The molecule has 0 bridgehead atoms. The Morgan fingerprint density at radius 2 is 1.89 bits per heavy atom. The molecule has 0 aromatic heterocycles. The van der Waals surface area contributed by atoms with Gasteiger partial charge >= 0.3 is 0 Å². The highest BCUT2D eigenvalue weighted by Gasteiger charge is 2.15. The molecule has 1 aliphatic rings. The second kappa shape index (κ2) is 7.88. The molecule has 0 aliphatic heterocycles. The van der Waals surface area contributed by atoms with Crippen molar-refractivity contribution < 1.29 is 22.8 Å². The first-order chi connectivity index (χ1) is 8.70. The third-order valence-electron chi connectivity index (χ3n) is 4.16. The largest absolute Gasteiger partial charge is 1.00 e. The van der Waals surface area contributed by atoms with Gasteiger partial charge in [-0.25, -0.2) is 0 Å². The average molecular weight is 284 g/mol. The van der Waals surface area contributed by atoms with E-state index < -0.39 is 0 Å². The van der Waals surface area contributed by atoms with E-state index in [9.17, 15) is 5.11 Å². The number of hydrogen-bond acceptors (Lipinski definition) is 1. The molecule has 2 atom stereocenters. The van der Waals surface area contributed by atoms with Crippen LogP contribution in [0, 0.1) is 0 Å². The Hall–Kier alpha value is -0.570. The van der Waals surface area contributed by atoms with E-state index in [1.54, 1.807) is 0 Å². The molecule has 2 rings (SSSR count). The van der Waals surface area contributed by atoms with E-state index in [1.807, 2.05) is 0 Å². The summed E-state index contributed by atoms with van der Waals surface area (Å²) >= 11 is 0. The van der Waals surface area contributed by atoms with Crippen molar-refractivity contribution in [3.8, 4) is 0 Å². The van der Waals surface area contributed by atoms with Crippen molar-refractivity contribution in [3.63, 3.8) is 0 Å².